The van der Waals surface area contributed by atoms with Crippen molar-refractivity contribution in [3.63, 3.8) is 0 Å². The highest BCUT2D eigenvalue weighted by molar-refractivity contribution is 6.12. The Bertz CT molecular complexity index is 3180. The van der Waals surface area contributed by atoms with Crippen LogP contribution in [0.4, 0.5) is 18.9 Å². The molecule has 0 spiro atoms. The fourth-order valence-corrected chi connectivity index (χ4v) is 7.89. The lowest BCUT2D eigenvalue weighted by Gasteiger charge is -2.19. The third kappa shape index (κ3) is 5.53. The van der Waals surface area contributed by atoms with Crippen LogP contribution in [0.2, 0.25) is 0 Å². The Labute approximate surface area is 328 Å². The second-order valence-electron chi connectivity index (χ2n) is 13.7. The topological polar surface area (TPSA) is 89.6 Å². The van der Waals surface area contributed by atoms with Crippen LogP contribution in [0.15, 0.2) is 152 Å². The van der Waals surface area contributed by atoms with Gasteiger partial charge in [0.05, 0.1) is 40.0 Å². The lowest BCUT2D eigenvalue weighted by Crippen LogP contribution is -2.06. The van der Waals surface area contributed by atoms with Gasteiger partial charge >= 0.3 is 6.18 Å². The van der Waals surface area contributed by atoms with Crippen molar-refractivity contribution in [2.75, 3.05) is 0 Å². The number of benzene rings is 6. The summed E-state index contributed by atoms with van der Waals surface area (Å²) in [5, 5.41) is 14.9. The van der Waals surface area contributed by atoms with Gasteiger partial charge in [-0.25, -0.2) is 24.8 Å². The first kappa shape index (κ1) is 34.3. The molecular formula is C47H25F3N8. The summed E-state index contributed by atoms with van der Waals surface area (Å²) >= 11 is 0. The first-order valence-electron chi connectivity index (χ1n) is 18.1. The molecule has 0 aliphatic heterocycles. The highest BCUT2D eigenvalue weighted by atomic mass is 19.4. The van der Waals surface area contributed by atoms with Crippen LogP contribution in [0.3, 0.4) is 0 Å². The number of nitrogens with zero attached hydrogens (tertiary/aromatic N) is 8. The molecule has 6 aromatic carbocycles. The predicted molar refractivity (Wildman–Crippen MR) is 219 cm³/mol. The molecule has 0 saturated heterocycles. The number of aromatic nitrogens is 6. The van der Waals surface area contributed by atoms with Crippen LogP contribution >= 0.6 is 0 Å². The molecule has 8 nitrogen and oxygen atoms in total. The molecule has 58 heavy (non-hydrogen) atoms. The molecule has 10 aromatic rings. The summed E-state index contributed by atoms with van der Waals surface area (Å²) in [7, 11) is 0. The standard InChI is InChI=1S/C47H25F3N8/c1-52-33-21-30(20-32(26-33)47(48,49)50)31-24-43(57-39-10-4-2-8-34(39)36-14-12-28(22-41(36)57)45-53-16-6-17-54-45)38(27-51)44(25-31)58-40-11-5-3-9-35(40)37-15-13-29(23-42(37)58)46-55-18-7-19-56-46/h2-26H. The summed E-state index contributed by atoms with van der Waals surface area (Å²) in [5.41, 5.74) is 5.09. The van der Waals surface area contributed by atoms with Crippen molar-refractivity contribution in [3.8, 4) is 51.3 Å². The third-order valence-corrected chi connectivity index (χ3v) is 10.4. The molecule has 0 amide bonds. The van der Waals surface area contributed by atoms with Crippen LogP contribution < -0.4 is 0 Å². The number of nitriles is 1. The van der Waals surface area contributed by atoms with Gasteiger partial charge in [0.2, 0.25) is 0 Å². The van der Waals surface area contributed by atoms with Crippen molar-refractivity contribution < 1.29 is 13.2 Å². The first-order chi connectivity index (χ1) is 28.3. The first-order valence-corrected chi connectivity index (χ1v) is 18.1. The highest BCUT2D eigenvalue weighted by Crippen LogP contribution is 2.43. The normalized spacial score (nSPS) is 11.7. The molecule has 0 N–H and O–H groups in total. The van der Waals surface area contributed by atoms with Crippen LogP contribution in [-0.2, 0) is 6.18 Å². The van der Waals surface area contributed by atoms with Gasteiger partial charge in [0.15, 0.2) is 17.3 Å². The summed E-state index contributed by atoms with van der Waals surface area (Å²) in [6, 6.07) is 40.2. The lowest BCUT2D eigenvalue weighted by molar-refractivity contribution is -0.137. The molecule has 4 aromatic heterocycles. The molecule has 0 unspecified atom stereocenters. The molecule has 0 radical (unpaired) electrons. The zero-order chi connectivity index (χ0) is 39.5. The van der Waals surface area contributed by atoms with Crippen molar-refractivity contribution in [3.05, 3.63) is 175 Å². The molecule has 10 rings (SSSR count). The number of fused-ring (bicyclic) bond motifs is 6. The average molecular weight is 759 g/mol. The van der Waals surface area contributed by atoms with Crippen LogP contribution in [0.1, 0.15) is 11.1 Å². The fourth-order valence-electron chi connectivity index (χ4n) is 7.89. The maximum atomic E-state index is 14.4. The van der Waals surface area contributed by atoms with E-state index in [0.29, 0.717) is 28.6 Å². The van der Waals surface area contributed by atoms with E-state index in [4.69, 9.17) is 6.57 Å². The maximum absolute atomic E-state index is 14.4. The molecule has 4 heterocycles. The van der Waals surface area contributed by atoms with Crippen molar-refractivity contribution in [2.24, 2.45) is 0 Å². The van der Waals surface area contributed by atoms with Gasteiger partial charge in [-0.3, -0.25) is 0 Å². The minimum absolute atomic E-state index is 0.161. The number of para-hydroxylation sites is 2. The smallest absolute Gasteiger partial charge is 0.308 e. The lowest BCUT2D eigenvalue weighted by atomic mass is 9.97. The van der Waals surface area contributed by atoms with E-state index < -0.39 is 11.7 Å². The quantitative estimate of drug-likeness (QED) is 0.163. The van der Waals surface area contributed by atoms with E-state index in [0.717, 1.165) is 66.9 Å². The van der Waals surface area contributed by atoms with Crippen molar-refractivity contribution in [1.82, 2.24) is 29.1 Å². The van der Waals surface area contributed by atoms with Gasteiger partial charge in [0.1, 0.15) is 11.6 Å². The molecule has 0 bridgehead atoms. The maximum Gasteiger partial charge on any atom is 0.415 e. The van der Waals surface area contributed by atoms with Gasteiger partial charge in [-0.2, -0.15) is 18.4 Å². The van der Waals surface area contributed by atoms with Gasteiger partial charge in [-0.1, -0.05) is 60.7 Å². The summed E-state index contributed by atoms with van der Waals surface area (Å²) < 4.78 is 47.2. The molecule has 11 heteroatoms. The van der Waals surface area contributed by atoms with Crippen LogP contribution in [0, 0.1) is 17.9 Å². The van der Waals surface area contributed by atoms with Crippen molar-refractivity contribution in [1.29, 1.82) is 5.26 Å². The average Bonchev–Trinajstić information content (AvgIpc) is 3.78. The zero-order valence-electron chi connectivity index (χ0n) is 30.1. The van der Waals surface area contributed by atoms with E-state index in [1.165, 1.54) is 6.07 Å². The Morgan fingerprint density at radius 3 is 1.45 bits per heavy atom. The number of hydrogen-bond donors (Lipinski definition) is 0. The summed E-state index contributed by atoms with van der Waals surface area (Å²) in [4.78, 5) is 21.3. The minimum Gasteiger partial charge on any atom is -0.308 e. The zero-order valence-corrected chi connectivity index (χ0v) is 30.1. The van der Waals surface area contributed by atoms with E-state index in [-0.39, 0.29) is 16.8 Å². The van der Waals surface area contributed by atoms with Gasteiger partial charge < -0.3 is 9.13 Å². The van der Waals surface area contributed by atoms with E-state index in [1.807, 2.05) is 94.1 Å². The molecule has 0 fully saturated rings. The van der Waals surface area contributed by atoms with E-state index in [1.54, 1.807) is 49.1 Å². The van der Waals surface area contributed by atoms with Gasteiger partial charge in [-0.15, -0.1) is 0 Å². The highest BCUT2D eigenvalue weighted by Gasteiger charge is 2.32. The number of hydrogen-bond acceptors (Lipinski definition) is 5. The Morgan fingerprint density at radius 2 is 0.983 bits per heavy atom. The van der Waals surface area contributed by atoms with Crippen molar-refractivity contribution >= 4 is 49.3 Å². The Morgan fingerprint density at radius 1 is 0.517 bits per heavy atom. The summed E-state index contributed by atoms with van der Waals surface area (Å²) in [5.74, 6) is 1.02. The van der Waals surface area contributed by atoms with E-state index >= 15 is 0 Å². The van der Waals surface area contributed by atoms with Crippen molar-refractivity contribution in [2.45, 2.75) is 6.18 Å². The van der Waals surface area contributed by atoms with E-state index in [2.05, 4.69) is 30.9 Å². The van der Waals surface area contributed by atoms with E-state index in [9.17, 15) is 18.4 Å². The van der Waals surface area contributed by atoms with Crippen LogP contribution in [-0.4, -0.2) is 29.1 Å². The van der Waals surface area contributed by atoms with Crippen LogP contribution in [0.5, 0.6) is 0 Å². The fraction of sp³-hybridized carbons (Fsp3) is 0.0213. The largest absolute Gasteiger partial charge is 0.415 e. The summed E-state index contributed by atoms with van der Waals surface area (Å²) in [6.45, 7) is 7.71. The summed E-state index contributed by atoms with van der Waals surface area (Å²) in [6.07, 6.45) is 1.95. The number of rotatable bonds is 5. The van der Waals surface area contributed by atoms with Gasteiger partial charge in [0.25, 0.3) is 0 Å². The van der Waals surface area contributed by atoms with Gasteiger partial charge in [0, 0.05) is 63.0 Å². The number of alkyl halides is 3. The monoisotopic (exact) mass is 758 g/mol. The minimum atomic E-state index is -4.71. The molecule has 0 aliphatic rings. The third-order valence-electron chi connectivity index (χ3n) is 10.4. The van der Waals surface area contributed by atoms with Gasteiger partial charge in [-0.05, 0) is 77.9 Å². The molecule has 0 atom stereocenters. The Kier molecular flexibility index (Phi) is 7.85. The predicted octanol–water partition coefficient (Wildman–Crippen LogP) is 11.9. The number of halogens is 3. The Balaban J connectivity index is 1.36. The molecular weight excluding hydrogens is 734 g/mol. The second-order valence-corrected chi connectivity index (χ2v) is 13.7. The molecule has 0 aliphatic carbocycles. The second kappa shape index (κ2) is 13.3. The Hall–Kier alpha value is -8.15. The van der Waals surface area contributed by atoms with Crippen LogP contribution in [0.25, 0.3) is 93.7 Å². The molecule has 274 valence electrons. The molecule has 0 saturated carbocycles. The SMILES string of the molecule is [C-]#[N+]c1cc(-c2cc(-n3c4ccccc4c4ccc(-c5ncccn5)cc43)c(C#N)c(-n3c4ccccc4c4ccc(-c5ncccn5)cc43)c2)cc(C(F)(F)F)c1.